The molecule has 0 aromatic carbocycles. The van der Waals surface area contributed by atoms with E-state index in [1.165, 1.54) is 51.4 Å². The third-order valence-corrected chi connectivity index (χ3v) is 3.83. The van der Waals surface area contributed by atoms with Gasteiger partial charge in [-0.1, -0.05) is 71.1 Å². The summed E-state index contributed by atoms with van der Waals surface area (Å²) in [5, 5.41) is 2.44. The number of nitrogens with one attached hydrogen (secondary N) is 1. The van der Waals surface area contributed by atoms with Crippen molar-refractivity contribution in [2.75, 3.05) is 13.1 Å². The fourth-order valence-electron chi connectivity index (χ4n) is 2.41. The van der Waals surface area contributed by atoms with Crippen LogP contribution in [0.2, 0.25) is 0 Å². The van der Waals surface area contributed by atoms with Gasteiger partial charge in [0.2, 0.25) is 5.91 Å². The van der Waals surface area contributed by atoms with Gasteiger partial charge >= 0.3 is 11.9 Å². The number of carbonyl (C=O) groups is 3. The highest BCUT2D eigenvalue weighted by atomic mass is 16.6. The van der Waals surface area contributed by atoms with Crippen LogP contribution in [0.3, 0.4) is 0 Å². The minimum absolute atomic E-state index is 0.192. The van der Waals surface area contributed by atoms with Crippen molar-refractivity contribution in [1.29, 1.82) is 0 Å². The molecule has 0 unspecified atom stereocenters. The lowest BCUT2D eigenvalue weighted by molar-refractivity contribution is -0.158. The molecule has 140 valence electrons. The molecule has 0 saturated carbocycles. The maximum absolute atomic E-state index is 11.5. The van der Waals surface area contributed by atoms with Crippen LogP contribution in [-0.4, -0.2) is 30.9 Å². The van der Waals surface area contributed by atoms with E-state index in [-0.39, 0.29) is 19.0 Å². The van der Waals surface area contributed by atoms with Gasteiger partial charge in [0, 0.05) is 6.42 Å². The first-order valence-corrected chi connectivity index (χ1v) is 9.30. The molecule has 0 saturated heterocycles. The van der Waals surface area contributed by atoms with Crippen LogP contribution in [0.1, 0.15) is 84.0 Å². The number of esters is 2. The molecule has 0 rings (SSSR count). The van der Waals surface area contributed by atoms with Crippen LogP contribution in [0.25, 0.3) is 0 Å². The lowest BCUT2D eigenvalue weighted by Crippen LogP contribution is -2.32. The molecule has 3 N–H and O–H groups in total. The van der Waals surface area contributed by atoms with Crippen LogP contribution in [0.15, 0.2) is 0 Å². The van der Waals surface area contributed by atoms with Crippen molar-refractivity contribution in [3.63, 3.8) is 0 Å². The molecule has 0 bridgehead atoms. The Labute approximate surface area is 145 Å². The van der Waals surface area contributed by atoms with Crippen molar-refractivity contribution >= 4 is 17.8 Å². The zero-order valence-corrected chi connectivity index (χ0v) is 15.1. The summed E-state index contributed by atoms with van der Waals surface area (Å²) in [5.41, 5.74) is 5.01. The molecule has 24 heavy (non-hydrogen) atoms. The zero-order chi connectivity index (χ0) is 18.0. The van der Waals surface area contributed by atoms with Crippen molar-refractivity contribution in [2.45, 2.75) is 84.0 Å². The lowest BCUT2D eigenvalue weighted by Gasteiger charge is -2.05. The Kier molecular flexibility index (Phi) is 15.4. The summed E-state index contributed by atoms with van der Waals surface area (Å²) in [4.78, 5) is 33.5. The molecular weight excluding hydrogens is 308 g/mol. The fourth-order valence-corrected chi connectivity index (χ4v) is 2.41. The van der Waals surface area contributed by atoms with E-state index >= 15 is 0 Å². The van der Waals surface area contributed by atoms with Gasteiger partial charge in [0.05, 0.1) is 6.54 Å². The topological polar surface area (TPSA) is 98.5 Å². The summed E-state index contributed by atoms with van der Waals surface area (Å²) >= 11 is 0. The van der Waals surface area contributed by atoms with Gasteiger partial charge in [-0.15, -0.1) is 0 Å². The number of hydrogen-bond acceptors (Lipinski definition) is 5. The molecule has 0 aliphatic carbocycles. The van der Waals surface area contributed by atoms with Crippen molar-refractivity contribution in [3.8, 4) is 0 Å². The van der Waals surface area contributed by atoms with E-state index in [1.807, 2.05) is 0 Å². The predicted molar refractivity (Wildman–Crippen MR) is 94.2 cm³/mol. The summed E-state index contributed by atoms with van der Waals surface area (Å²) in [6.45, 7) is 1.59. The number of hydrogen-bond donors (Lipinski definition) is 2. The highest BCUT2D eigenvalue weighted by Gasteiger charge is 2.10. The normalized spacial score (nSPS) is 10.4. The maximum atomic E-state index is 11.5. The molecule has 0 spiro atoms. The quantitative estimate of drug-likeness (QED) is 0.271. The second-order valence-electron chi connectivity index (χ2n) is 6.11. The summed E-state index contributed by atoms with van der Waals surface area (Å²) in [6.07, 6.45) is 13.9. The summed E-state index contributed by atoms with van der Waals surface area (Å²) < 4.78 is 4.34. The molecule has 6 heteroatoms. The van der Waals surface area contributed by atoms with E-state index < -0.39 is 11.9 Å². The Morgan fingerprint density at radius 3 is 1.79 bits per heavy atom. The van der Waals surface area contributed by atoms with E-state index in [1.54, 1.807) is 0 Å². The Morgan fingerprint density at radius 2 is 1.29 bits per heavy atom. The SMILES string of the molecule is CCCCCCCCCCCCCC(=O)NCC(=O)OC(=O)CN. The van der Waals surface area contributed by atoms with Crippen LogP contribution in [-0.2, 0) is 19.1 Å². The molecule has 0 aromatic heterocycles. The highest BCUT2D eigenvalue weighted by molar-refractivity contribution is 5.89. The Hall–Kier alpha value is -1.43. The van der Waals surface area contributed by atoms with Crippen LogP contribution < -0.4 is 11.1 Å². The smallest absolute Gasteiger partial charge is 0.333 e. The van der Waals surface area contributed by atoms with Crippen LogP contribution >= 0.6 is 0 Å². The molecule has 0 aromatic rings. The van der Waals surface area contributed by atoms with Gasteiger partial charge in [0.15, 0.2) is 0 Å². The minimum Gasteiger partial charge on any atom is -0.391 e. The van der Waals surface area contributed by atoms with Gasteiger partial charge in [-0.3, -0.25) is 9.59 Å². The van der Waals surface area contributed by atoms with E-state index in [4.69, 9.17) is 5.73 Å². The van der Waals surface area contributed by atoms with E-state index in [9.17, 15) is 14.4 Å². The van der Waals surface area contributed by atoms with E-state index in [0.717, 1.165) is 19.3 Å². The Bertz CT molecular complexity index is 359. The lowest BCUT2D eigenvalue weighted by atomic mass is 10.1. The van der Waals surface area contributed by atoms with Gasteiger partial charge in [-0.05, 0) is 6.42 Å². The number of rotatable bonds is 15. The van der Waals surface area contributed by atoms with Gasteiger partial charge in [-0.2, -0.15) is 0 Å². The number of unbranched alkanes of at least 4 members (excludes halogenated alkanes) is 10. The molecule has 0 aliphatic heterocycles. The van der Waals surface area contributed by atoms with Crippen LogP contribution in [0.5, 0.6) is 0 Å². The molecule has 0 radical (unpaired) electrons. The van der Waals surface area contributed by atoms with Gasteiger partial charge in [-0.25, -0.2) is 4.79 Å². The number of nitrogens with two attached hydrogens (primary N) is 1. The van der Waals surface area contributed by atoms with Crippen molar-refractivity contribution in [3.05, 3.63) is 0 Å². The first-order valence-electron chi connectivity index (χ1n) is 9.30. The summed E-state index contributed by atoms with van der Waals surface area (Å²) in [6, 6.07) is 0. The number of amides is 1. The highest BCUT2D eigenvalue weighted by Crippen LogP contribution is 2.11. The second-order valence-corrected chi connectivity index (χ2v) is 6.11. The standard InChI is InChI=1S/C18H34N2O4/c1-2-3-4-5-6-7-8-9-10-11-12-13-16(21)20-15-18(23)24-17(22)14-19/h2-15,19H2,1H3,(H,20,21). The first kappa shape index (κ1) is 22.6. The van der Waals surface area contributed by atoms with Crippen molar-refractivity contribution in [2.24, 2.45) is 5.73 Å². The molecule has 0 aliphatic rings. The van der Waals surface area contributed by atoms with Gasteiger partial charge < -0.3 is 15.8 Å². The van der Waals surface area contributed by atoms with Crippen LogP contribution in [0.4, 0.5) is 0 Å². The maximum Gasteiger partial charge on any atom is 0.333 e. The Balaban J connectivity index is 3.34. The van der Waals surface area contributed by atoms with E-state index in [0.29, 0.717) is 6.42 Å². The summed E-state index contributed by atoms with van der Waals surface area (Å²) in [7, 11) is 0. The molecule has 0 heterocycles. The third-order valence-electron chi connectivity index (χ3n) is 3.83. The average molecular weight is 342 g/mol. The van der Waals surface area contributed by atoms with Crippen molar-refractivity contribution in [1.82, 2.24) is 5.32 Å². The molecular formula is C18H34N2O4. The monoisotopic (exact) mass is 342 g/mol. The number of carbonyl (C=O) groups excluding carboxylic acids is 3. The molecule has 0 atom stereocenters. The molecule has 6 nitrogen and oxygen atoms in total. The van der Waals surface area contributed by atoms with Crippen LogP contribution in [0, 0.1) is 0 Å². The van der Waals surface area contributed by atoms with Crippen molar-refractivity contribution < 1.29 is 19.1 Å². The second kappa shape index (κ2) is 16.4. The van der Waals surface area contributed by atoms with E-state index in [2.05, 4.69) is 17.0 Å². The first-order chi connectivity index (χ1) is 11.6. The fraction of sp³-hybridized carbons (Fsp3) is 0.833. The number of ether oxygens (including phenoxy) is 1. The molecule has 1 amide bonds. The predicted octanol–water partition coefficient (Wildman–Crippen LogP) is 2.83. The Morgan fingerprint density at radius 1 is 0.792 bits per heavy atom. The third kappa shape index (κ3) is 15.5. The van der Waals surface area contributed by atoms with Gasteiger partial charge in [0.25, 0.3) is 0 Å². The summed E-state index contributed by atoms with van der Waals surface area (Å²) in [5.74, 6) is -1.76. The zero-order valence-electron chi connectivity index (χ0n) is 15.1. The molecule has 0 fully saturated rings. The minimum atomic E-state index is -0.792. The largest absolute Gasteiger partial charge is 0.391 e. The average Bonchev–Trinajstić information content (AvgIpc) is 2.57. The van der Waals surface area contributed by atoms with Gasteiger partial charge in [0.1, 0.15) is 6.54 Å².